The maximum Gasteiger partial charge on any atom is 0.236 e. The summed E-state index contributed by atoms with van der Waals surface area (Å²) in [6, 6.07) is 15.6. The molecular weight excluding hydrogens is 304 g/mol. The average molecular weight is 322 g/mol. The first-order valence-electron chi connectivity index (χ1n) is 7.34. The van der Waals surface area contributed by atoms with Crippen molar-refractivity contribution in [2.75, 3.05) is 0 Å². The number of amides is 2. The van der Waals surface area contributed by atoms with E-state index in [0.29, 0.717) is 0 Å². The van der Waals surface area contributed by atoms with Crippen LogP contribution >= 0.6 is 0 Å². The fourth-order valence-electron chi connectivity index (χ4n) is 1.92. The zero-order valence-corrected chi connectivity index (χ0v) is 13.5. The molecule has 0 saturated carbocycles. The summed E-state index contributed by atoms with van der Waals surface area (Å²) in [5.41, 5.74) is 8.65. The van der Waals surface area contributed by atoms with E-state index in [9.17, 15) is 9.59 Å². The highest BCUT2D eigenvalue weighted by Crippen LogP contribution is 2.19. The number of hydrogen-bond donors (Lipinski definition) is 2. The third kappa shape index (κ3) is 5.49. The summed E-state index contributed by atoms with van der Waals surface area (Å²) < 4.78 is 0. The van der Waals surface area contributed by atoms with Crippen LogP contribution in [0.15, 0.2) is 58.7 Å². The Balaban J connectivity index is 2.03. The van der Waals surface area contributed by atoms with E-state index in [0.717, 1.165) is 22.3 Å². The topological polar surface area (TPSA) is 82.9 Å². The molecule has 0 aromatic heterocycles. The van der Waals surface area contributed by atoms with Gasteiger partial charge in [0, 0.05) is 13.8 Å². The van der Waals surface area contributed by atoms with Gasteiger partial charge >= 0.3 is 0 Å². The number of hydrazone groups is 2. The molecule has 24 heavy (non-hydrogen) atoms. The van der Waals surface area contributed by atoms with Crippen LogP contribution in [-0.4, -0.2) is 24.2 Å². The molecule has 0 atom stereocenters. The molecule has 0 aliphatic heterocycles. The van der Waals surface area contributed by atoms with Crippen molar-refractivity contribution in [3.8, 4) is 11.1 Å². The normalized spacial score (nSPS) is 10.9. The summed E-state index contributed by atoms with van der Waals surface area (Å²) in [7, 11) is 0. The van der Waals surface area contributed by atoms with Crippen LogP contribution < -0.4 is 10.9 Å². The molecule has 2 aromatic rings. The van der Waals surface area contributed by atoms with Gasteiger partial charge in [-0.25, -0.2) is 10.9 Å². The molecule has 0 unspecified atom stereocenters. The lowest BCUT2D eigenvalue weighted by atomic mass is 10.0. The predicted octanol–water partition coefficient (Wildman–Crippen LogP) is 2.29. The van der Waals surface area contributed by atoms with Gasteiger partial charge in [0.25, 0.3) is 0 Å². The van der Waals surface area contributed by atoms with Gasteiger partial charge in [-0.05, 0) is 22.3 Å². The number of rotatable bonds is 5. The lowest BCUT2D eigenvalue weighted by Gasteiger charge is -2.03. The van der Waals surface area contributed by atoms with Crippen LogP contribution in [0.1, 0.15) is 25.0 Å². The van der Waals surface area contributed by atoms with Crippen molar-refractivity contribution in [1.29, 1.82) is 0 Å². The maximum absolute atomic E-state index is 10.7. The maximum atomic E-state index is 10.7. The van der Waals surface area contributed by atoms with E-state index in [4.69, 9.17) is 0 Å². The summed E-state index contributed by atoms with van der Waals surface area (Å²) in [6.45, 7) is 2.82. The minimum atomic E-state index is -0.204. The molecule has 0 aliphatic rings. The van der Waals surface area contributed by atoms with E-state index in [1.54, 1.807) is 12.4 Å². The lowest BCUT2D eigenvalue weighted by Crippen LogP contribution is -2.12. The zero-order valence-electron chi connectivity index (χ0n) is 13.5. The SMILES string of the molecule is CC(=O)N/N=C/c1ccc(-c2ccc(/C=N/NC(C)=O)cc2)cc1. The average Bonchev–Trinajstić information content (AvgIpc) is 2.56. The van der Waals surface area contributed by atoms with Crippen molar-refractivity contribution >= 4 is 24.2 Å². The Labute approximate surface area is 140 Å². The van der Waals surface area contributed by atoms with E-state index in [1.807, 2.05) is 48.5 Å². The van der Waals surface area contributed by atoms with Crippen molar-refractivity contribution in [2.24, 2.45) is 10.2 Å². The lowest BCUT2D eigenvalue weighted by molar-refractivity contribution is -0.119. The van der Waals surface area contributed by atoms with Gasteiger partial charge in [-0.1, -0.05) is 48.5 Å². The molecule has 0 radical (unpaired) electrons. The van der Waals surface area contributed by atoms with Crippen molar-refractivity contribution in [1.82, 2.24) is 10.9 Å². The molecule has 122 valence electrons. The van der Waals surface area contributed by atoms with E-state index in [2.05, 4.69) is 21.1 Å². The van der Waals surface area contributed by atoms with E-state index >= 15 is 0 Å². The van der Waals surface area contributed by atoms with Crippen LogP contribution in [0.5, 0.6) is 0 Å². The monoisotopic (exact) mass is 322 g/mol. The first kappa shape index (κ1) is 17.1. The predicted molar refractivity (Wildman–Crippen MR) is 94.7 cm³/mol. The van der Waals surface area contributed by atoms with E-state index < -0.39 is 0 Å². The van der Waals surface area contributed by atoms with Gasteiger partial charge < -0.3 is 0 Å². The van der Waals surface area contributed by atoms with Crippen LogP contribution in [0.25, 0.3) is 11.1 Å². The second-order valence-corrected chi connectivity index (χ2v) is 5.10. The summed E-state index contributed by atoms with van der Waals surface area (Å²) in [6.07, 6.45) is 3.18. The Morgan fingerprint density at radius 1 is 0.708 bits per heavy atom. The number of hydrogen-bond acceptors (Lipinski definition) is 4. The Bertz CT molecular complexity index is 695. The second kappa shape index (κ2) is 8.38. The number of benzene rings is 2. The van der Waals surface area contributed by atoms with Crippen LogP contribution in [0, 0.1) is 0 Å². The molecule has 2 aromatic carbocycles. The highest BCUT2D eigenvalue weighted by Gasteiger charge is 1.98. The minimum Gasteiger partial charge on any atom is -0.274 e. The fourth-order valence-corrected chi connectivity index (χ4v) is 1.92. The molecule has 0 aliphatic carbocycles. The van der Waals surface area contributed by atoms with Crippen molar-refractivity contribution < 1.29 is 9.59 Å². The number of nitrogens with one attached hydrogen (secondary N) is 2. The van der Waals surface area contributed by atoms with Crippen LogP contribution in [0.3, 0.4) is 0 Å². The first-order chi connectivity index (χ1) is 11.5. The van der Waals surface area contributed by atoms with Gasteiger partial charge in [-0.15, -0.1) is 0 Å². The first-order valence-corrected chi connectivity index (χ1v) is 7.34. The Morgan fingerprint density at radius 2 is 1.04 bits per heavy atom. The molecule has 6 heteroatoms. The number of nitrogens with zero attached hydrogens (tertiary/aromatic N) is 2. The zero-order chi connectivity index (χ0) is 17.4. The third-order valence-corrected chi connectivity index (χ3v) is 3.03. The largest absolute Gasteiger partial charge is 0.274 e. The summed E-state index contributed by atoms with van der Waals surface area (Å²) in [5, 5.41) is 7.65. The van der Waals surface area contributed by atoms with Crippen molar-refractivity contribution in [2.45, 2.75) is 13.8 Å². The molecule has 2 amide bonds. The molecular formula is C18H18N4O2. The van der Waals surface area contributed by atoms with E-state index in [1.165, 1.54) is 13.8 Å². The van der Waals surface area contributed by atoms with Gasteiger partial charge in [0.05, 0.1) is 12.4 Å². The molecule has 2 rings (SSSR count). The minimum absolute atomic E-state index is 0.204. The summed E-state index contributed by atoms with van der Waals surface area (Å²) in [4.78, 5) is 21.5. The van der Waals surface area contributed by atoms with Crippen molar-refractivity contribution in [3.05, 3.63) is 59.7 Å². The number of carbonyl (C=O) groups is 2. The van der Waals surface area contributed by atoms with Gasteiger partial charge in [0.1, 0.15) is 0 Å². The smallest absolute Gasteiger partial charge is 0.236 e. The Morgan fingerprint density at radius 3 is 1.33 bits per heavy atom. The summed E-state index contributed by atoms with van der Waals surface area (Å²) >= 11 is 0. The van der Waals surface area contributed by atoms with Crippen LogP contribution in [-0.2, 0) is 9.59 Å². The third-order valence-electron chi connectivity index (χ3n) is 3.03. The molecule has 0 spiro atoms. The standard InChI is InChI=1S/C18H18N4O2/c1-13(23)21-19-11-15-3-7-17(8-4-15)18-9-5-16(6-10-18)12-20-22-14(2)24/h3-12H,1-2H3,(H,21,23)(H,22,24)/b19-11+,20-12+. The van der Waals surface area contributed by atoms with Crippen LogP contribution in [0.2, 0.25) is 0 Å². The quantitative estimate of drug-likeness (QED) is 0.654. The highest BCUT2D eigenvalue weighted by molar-refractivity contribution is 5.84. The van der Waals surface area contributed by atoms with Gasteiger partial charge in [-0.3, -0.25) is 9.59 Å². The van der Waals surface area contributed by atoms with E-state index in [-0.39, 0.29) is 11.8 Å². The highest BCUT2D eigenvalue weighted by atomic mass is 16.2. The molecule has 6 nitrogen and oxygen atoms in total. The molecule has 0 heterocycles. The van der Waals surface area contributed by atoms with Gasteiger partial charge in [0.2, 0.25) is 11.8 Å². The number of carbonyl (C=O) groups excluding carboxylic acids is 2. The van der Waals surface area contributed by atoms with Crippen LogP contribution in [0.4, 0.5) is 0 Å². The second-order valence-electron chi connectivity index (χ2n) is 5.10. The van der Waals surface area contributed by atoms with Gasteiger partial charge in [0.15, 0.2) is 0 Å². The fraction of sp³-hybridized carbons (Fsp3) is 0.111. The van der Waals surface area contributed by atoms with Crippen molar-refractivity contribution in [3.63, 3.8) is 0 Å². The Hall–Kier alpha value is -3.28. The molecule has 2 N–H and O–H groups in total. The molecule has 0 saturated heterocycles. The summed E-state index contributed by atoms with van der Waals surface area (Å²) in [5.74, 6) is -0.407. The molecule has 0 bridgehead atoms. The Kier molecular flexibility index (Phi) is 5.96. The van der Waals surface area contributed by atoms with Gasteiger partial charge in [-0.2, -0.15) is 10.2 Å². The molecule has 0 fully saturated rings.